The average Bonchev–Trinajstić information content (AvgIpc) is 2.97. The van der Waals surface area contributed by atoms with Crippen LogP contribution in [0, 0.1) is 6.92 Å². The molecule has 0 spiro atoms. The number of piperidine rings is 1. The summed E-state index contributed by atoms with van der Waals surface area (Å²) in [4.78, 5) is 18.6. The number of nitrogens with zero attached hydrogens (tertiary/aromatic N) is 3. The lowest BCUT2D eigenvalue weighted by Crippen LogP contribution is -2.44. The van der Waals surface area contributed by atoms with E-state index in [4.69, 9.17) is 0 Å². The SMILES string of the molecule is Cc1cccn2cc(CS(=O)(=O)C(C)C(=O)N3CCCCC3)nc12. The molecule has 3 heterocycles. The van der Waals surface area contributed by atoms with E-state index in [0.29, 0.717) is 18.8 Å². The molecule has 7 heteroatoms. The molecular formula is C17H23N3O3S. The van der Waals surface area contributed by atoms with E-state index < -0.39 is 15.1 Å². The second kappa shape index (κ2) is 6.55. The fourth-order valence-electron chi connectivity index (χ4n) is 3.13. The van der Waals surface area contributed by atoms with Crippen molar-refractivity contribution in [3.63, 3.8) is 0 Å². The monoisotopic (exact) mass is 349 g/mol. The summed E-state index contributed by atoms with van der Waals surface area (Å²) in [6.45, 7) is 4.74. The van der Waals surface area contributed by atoms with Crippen LogP contribution in [0.5, 0.6) is 0 Å². The number of pyridine rings is 1. The third-order valence-electron chi connectivity index (χ3n) is 4.63. The highest BCUT2D eigenvalue weighted by Crippen LogP contribution is 2.18. The highest BCUT2D eigenvalue weighted by Gasteiger charge is 2.32. The quantitative estimate of drug-likeness (QED) is 0.846. The normalized spacial score (nSPS) is 17.2. The highest BCUT2D eigenvalue weighted by molar-refractivity contribution is 7.92. The molecule has 1 saturated heterocycles. The Morgan fingerprint density at radius 2 is 2.00 bits per heavy atom. The Kier molecular flexibility index (Phi) is 4.62. The summed E-state index contributed by atoms with van der Waals surface area (Å²) in [5, 5.41) is -1.03. The molecule has 24 heavy (non-hydrogen) atoms. The van der Waals surface area contributed by atoms with Crippen molar-refractivity contribution in [1.82, 2.24) is 14.3 Å². The molecular weight excluding hydrogens is 326 g/mol. The second-order valence-electron chi connectivity index (χ2n) is 6.49. The van der Waals surface area contributed by atoms with Gasteiger partial charge < -0.3 is 9.30 Å². The first-order valence-electron chi connectivity index (χ1n) is 8.32. The highest BCUT2D eigenvalue weighted by atomic mass is 32.2. The maximum atomic E-state index is 12.6. The molecule has 2 aromatic heterocycles. The standard InChI is InChI=1S/C17H23N3O3S/c1-13-7-6-10-20-11-15(18-16(13)20)12-24(22,23)14(2)17(21)19-8-4-3-5-9-19/h6-7,10-11,14H,3-5,8-9,12H2,1-2H3. The zero-order chi connectivity index (χ0) is 17.3. The van der Waals surface area contributed by atoms with Crippen molar-refractivity contribution >= 4 is 21.4 Å². The first-order chi connectivity index (χ1) is 11.4. The van der Waals surface area contributed by atoms with E-state index in [9.17, 15) is 13.2 Å². The Morgan fingerprint density at radius 1 is 1.29 bits per heavy atom. The van der Waals surface area contributed by atoms with Crippen molar-refractivity contribution in [2.75, 3.05) is 13.1 Å². The van der Waals surface area contributed by atoms with Gasteiger partial charge in [0.25, 0.3) is 0 Å². The van der Waals surface area contributed by atoms with Crippen LogP contribution in [0.25, 0.3) is 5.65 Å². The first kappa shape index (κ1) is 17.0. The Bertz CT molecular complexity index is 851. The Labute approximate surface area is 142 Å². The van der Waals surface area contributed by atoms with Crippen molar-refractivity contribution in [2.45, 2.75) is 44.1 Å². The maximum Gasteiger partial charge on any atom is 0.240 e. The number of aryl methyl sites for hydroxylation is 1. The molecule has 1 aliphatic heterocycles. The van der Waals surface area contributed by atoms with Crippen LogP contribution in [0.3, 0.4) is 0 Å². The molecule has 0 N–H and O–H groups in total. The molecule has 0 bridgehead atoms. The van der Waals surface area contributed by atoms with Gasteiger partial charge in [0.1, 0.15) is 10.9 Å². The second-order valence-corrected chi connectivity index (χ2v) is 8.81. The lowest BCUT2D eigenvalue weighted by Gasteiger charge is -2.29. The number of rotatable bonds is 4. The molecule has 1 amide bonds. The fraction of sp³-hybridized carbons (Fsp3) is 0.529. The molecule has 2 aromatic rings. The molecule has 6 nitrogen and oxygen atoms in total. The molecule has 130 valence electrons. The Balaban J connectivity index is 1.78. The van der Waals surface area contributed by atoms with Crippen molar-refractivity contribution < 1.29 is 13.2 Å². The van der Waals surface area contributed by atoms with E-state index in [1.54, 1.807) is 11.1 Å². The number of amides is 1. The smallest absolute Gasteiger partial charge is 0.240 e. The minimum Gasteiger partial charge on any atom is -0.342 e. The van der Waals surface area contributed by atoms with Gasteiger partial charge in [0, 0.05) is 25.5 Å². The third-order valence-corrected chi connectivity index (χ3v) is 6.61. The number of likely N-dealkylation sites (tertiary alicyclic amines) is 1. The number of aromatic nitrogens is 2. The first-order valence-corrected chi connectivity index (χ1v) is 10.0. The number of imidazole rings is 1. The van der Waals surface area contributed by atoms with E-state index in [0.717, 1.165) is 30.5 Å². The molecule has 1 aliphatic rings. The molecule has 0 aliphatic carbocycles. The molecule has 1 fully saturated rings. The van der Waals surface area contributed by atoms with Gasteiger partial charge in [-0.3, -0.25) is 4.79 Å². The third kappa shape index (κ3) is 3.31. The van der Waals surface area contributed by atoms with Gasteiger partial charge in [-0.2, -0.15) is 0 Å². The molecule has 3 rings (SSSR count). The Hall–Kier alpha value is -1.89. The number of carbonyl (C=O) groups is 1. The molecule has 1 unspecified atom stereocenters. The molecule has 1 atom stereocenters. The van der Waals surface area contributed by atoms with Gasteiger partial charge in [-0.05, 0) is 44.7 Å². The Morgan fingerprint density at radius 3 is 2.67 bits per heavy atom. The van der Waals surface area contributed by atoms with E-state index in [2.05, 4.69) is 4.98 Å². The van der Waals surface area contributed by atoms with Crippen molar-refractivity contribution in [2.24, 2.45) is 0 Å². The van der Waals surface area contributed by atoms with E-state index in [1.165, 1.54) is 6.92 Å². The van der Waals surface area contributed by atoms with Crippen LogP contribution in [0.2, 0.25) is 0 Å². The summed E-state index contributed by atoms with van der Waals surface area (Å²) in [5.74, 6) is -0.496. The zero-order valence-corrected chi connectivity index (χ0v) is 14.9. The van der Waals surface area contributed by atoms with Crippen molar-refractivity contribution in [3.05, 3.63) is 35.8 Å². The average molecular weight is 349 g/mol. The maximum absolute atomic E-state index is 12.6. The molecule has 0 radical (unpaired) electrons. The van der Waals surface area contributed by atoms with Crippen LogP contribution < -0.4 is 0 Å². The zero-order valence-electron chi connectivity index (χ0n) is 14.1. The molecule has 0 aromatic carbocycles. The number of sulfone groups is 1. The molecule has 0 saturated carbocycles. The summed E-state index contributed by atoms with van der Waals surface area (Å²) in [6.07, 6.45) is 6.56. The van der Waals surface area contributed by atoms with Gasteiger partial charge in [0.15, 0.2) is 9.84 Å². The van der Waals surface area contributed by atoms with Crippen LogP contribution in [-0.4, -0.2) is 46.9 Å². The van der Waals surface area contributed by atoms with E-state index in [-0.39, 0.29) is 11.7 Å². The van der Waals surface area contributed by atoms with Crippen molar-refractivity contribution in [1.29, 1.82) is 0 Å². The van der Waals surface area contributed by atoms with Gasteiger partial charge in [-0.15, -0.1) is 0 Å². The predicted molar refractivity (Wildman–Crippen MR) is 92.4 cm³/mol. The summed E-state index contributed by atoms with van der Waals surface area (Å²) >= 11 is 0. The fourth-order valence-corrected chi connectivity index (χ4v) is 4.39. The van der Waals surface area contributed by atoms with Gasteiger partial charge in [-0.25, -0.2) is 13.4 Å². The van der Waals surface area contributed by atoms with Crippen LogP contribution >= 0.6 is 0 Å². The van der Waals surface area contributed by atoms with Crippen LogP contribution in [-0.2, 0) is 20.4 Å². The largest absolute Gasteiger partial charge is 0.342 e. The summed E-state index contributed by atoms with van der Waals surface area (Å²) in [6, 6.07) is 3.83. The van der Waals surface area contributed by atoms with Gasteiger partial charge in [0.2, 0.25) is 5.91 Å². The van der Waals surface area contributed by atoms with Crippen LogP contribution in [0.15, 0.2) is 24.5 Å². The van der Waals surface area contributed by atoms with Crippen molar-refractivity contribution in [3.8, 4) is 0 Å². The predicted octanol–water partition coefficient (Wildman–Crippen LogP) is 1.96. The summed E-state index contributed by atoms with van der Waals surface area (Å²) < 4.78 is 27.1. The number of hydrogen-bond donors (Lipinski definition) is 0. The van der Waals surface area contributed by atoms with E-state index >= 15 is 0 Å². The van der Waals surface area contributed by atoms with Crippen LogP contribution in [0.4, 0.5) is 0 Å². The van der Waals surface area contributed by atoms with Gasteiger partial charge in [-0.1, -0.05) is 6.07 Å². The minimum atomic E-state index is -3.59. The summed E-state index contributed by atoms with van der Waals surface area (Å²) in [7, 11) is -3.59. The number of carbonyl (C=O) groups excluding carboxylic acids is 1. The number of hydrogen-bond acceptors (Lipinski definition) is 4. The number of fused-ring (bicyclic) bond motifs is 1. The lowest BCUT2D eigenvalue weighted by atomic mass is 10.1. The summed E-state index contributed by atoms with van der Waals surface area (Å²) in [5.41, 5.74) is 2.21. The minimum absolute atomic E-state index is 0.213. The van der Waals surface area contributed by atoms with E-state index in [1.807, 2.05) is 29.7 Å². The van der Waals surface area contributed by atoms with Gasteiger partial charge in [0.05, 0.1) is 11.4 Å². The lowest BCUT2D eigenvalue weighted by molar-refractivity contribution is -0.131. The van der Waals surface area contributed by atoms with Crippen LogP contribution in [0.1, 0.15) is 37.4 Å². The van der Waals surface area contributed by atoms with Gasteiger partial charge >= 0.3 is 0 Å². The topological polar surface area (TPSA) is 71.8 Å².